The van der Waals surface area contributed by atoms with Gasteiger partial charge >= 0.3 is 5.97 Å². The van der Waals surface area contributed by atoms with Crippen molar-refractivity contribution in [2.24, 2.45) is 0 Å². The van der Waals surface area contributed by atoms with Crippen LogP contribution in [0.5, 0.6) is 0 Å². The molecular formula is C27H19Cl2N3O4S2. The van der Waals surface area contributed by atoms with Crippen LogP contribution in [0.15, 0.2) is 95.2 Å². The van der Waals surface area contributed by atoms with Gasteiger partial charge in [0.25, 0.3) is 0 Å². The fourth-order valence-corrected chi connectivity index (χ4v) is 5.32. The predicted octanol–water partition coefficient (Wildman–Crippen LogP) is 7.17. The lowest BCUT2D eigenvalue weighted by Crippen LogP contribution is -2.19. The summed E-state index contributed by atoms with van der Waals surface area (Å²) < 4.78 is 0. The molecule has 0 aliphatic heterocycles. The van der Waals surface area contributed by atoms with Crippen LogP contribution in [0.1, 0.15) is 10.8 Å². The second kappa shape index (κ2) is 12.7. The molecule has 0 aliphatic carbocycles. The van der Waals surface area contributed by atoms with Gasteiger partial charge in [0.05, 0.1) is 15.7 Å². The van der Waals surface area contributed by atoms with Crippen molar-refractivity contribution in [2.45, 2.75) is 10.1 Å². The van der Waals surface area contributed by atoms with E-state index in [1.165, 1.54) is 23.1 Å². The molecule has 0 radical (unpaired) electrons. The lowest BCUT2D eigenvalue weighted by Gasteiger charge is -2.16. The highest BCUT2D eigenvalue weighted by molar-refractivity contribution is 8.00. The minimum Gasteiger partial charge on any atom is -0.478 e. The predicted molar refractivity (Wildman–Crippen MR) is 153 cm³/mol. The molecule has 192 valence electrons. The number of nitrogens with one attached hydrogen (secondary N) is 2. The number of rotatable bonds is 9. The number of nitrogens with zero attached hydrogens (tertiary/aromatic N) is 1. The molecule has 7 nitrogen and oxygen atoms in total. The van der Waals surface area contributed by atoms with E-state index in [1.807, 2.05) is 41.8 Å². The van der Waals surface area contributed by atoms with Gasteiger partial charge < -0.3 is 15.7 Å². The number of amides is 2. The lowest BCUT2D eigenvalue weighted by atomic mass is 10.1. The van der Waals surface area contributed by atoms with Crippen molar-refractivity contribution < 1.29 is 19.5 Å². The summed E-state index contributed by atoms with van der Waals surface area (Å²) in [6, 6.07) is 21.5. The first-order valence-electron chi connectivity index (χ1n) is 11.0. The smallest absolute Gasteiger partial charge is 0.328 e. The number of halogens is 2. The zero-order valence-electron chi connectivity index (χ0n) is 19.4. The van der Waals surface area contributed by atoms with E-state index < -0.39 is 17.1 Å². The summed E-state index contributed by atoms with van der Waals surface area (Å²) in [7, 11) is 0. The van der Waals surface area contributed by atoms with E-state index in [0.29, 0.717) is 26.6 Å². The van der Waals surface area contributed by atoms with Gasteiger partial charge in [-0.05, 0) is 42.0 Å². The third-order valence-corrected chi connectivity index (χ3v) is 7.81. The number of benzene rings is 3. The molecule has 3 N–H and O–H groups in total. The summed E-state index contributed by atoms with van der Waals surface area (Å²) in [6.45, 7) is 0. The van der Waals surface area contributed by atoms with Crippen molar-refractivity contribution in [1.29, 1.82) is 0 Å². The van der Waals surface area contributed by atoms with E-state index in [1.54, 1.807) is 36.4 Å². The summed E-state index contributed by atoms with van der Waals surface area (Å²) in [5.74, 6) is -2.01. The van der Waals surface area contributed by atoms with E-state index >= 15 is 0 Å². The quantitative estimate of drug-likeness (QED) is 0.142. The summed E-state index contributed by atoms with van der Waals surface area (Å²) >= 11 is 14.8. The third kappa shape index (κ3) is 7.45. The van der Waals surface area contributed by atoms with Gasteiger partial charge in [-0.1, -0.05) is 59.6 Å². The van der Waals surface area contributed by atoms with E-state index in [-0.39, 0.29) is 5.91 Å². The molecule has 0 fully saturated rings. The first-order chi connectivity index (χ1) is 18.3. The number of hydrogen-bond acceptors (Lipinski definition) is 6. The van der Waals surface area contributed by atoms with Gasteiger partial charge in [0.1, 0.15) is 5.25 Å². The molecule has 1 unspecified atom stereocenters. The molecular weight excluding hydrogens is 565 g/mol. The van der Waals surface area contributed by atoms with Crippen molar-refractivity contribution in [1.82, 2.24) is 4.98 Å². The van der Waals surface area contributed by atoms with Crippen molar-refractivity contribution in [3.63, 3.8) is 0 Å². The Bertz CT molecular complexity index is 1490. The molecule has 0 spiro atoms. The highest BCUT2D eigenvalue weighted by atomic mass is 35.5. The maximum absolute atomic E-state index is 13.4. The molecule has 38 heavy (non-hydrogen) atoms. The van der Waals surface area contributed by atoms with Gasteiger partial charge in [-0.25, -0.2) is 9.78 Å². The number of thiazole rings is 1. The summed E-state index contributed by atoms with van der Waals surface area (Å²) in [5, 5.41) is 16.7. The van der Waals surface area contributed by atoms with Crippen molar-refractivity contribution in [2.75, 3.05) is 10.6 Å². The van der Waals surface area contributed by atoms with Crippen LogP contribution in [0, 0.1) is 0 Å². The van der Waals surface area contributed by atoms with Gasteiger partial charge in [-0.2, -0.15) is 0 Å². The number of carboxylic acids is 1. The number of carbonyl (C=O) groups excluding carboxylic acids is 2. The monoisotopic (exact) mass is 583 g/mol. The highest BCUT2D eigenvalue weighted by Crippen LogP contribution is 2.37. The molecule has 3 aromatic carbocycles. The van der Waals surface area contributed by atoms with E-state index in [2.05, 4.69) is 15.6 Å². The Kier molecular flexibility index (Phi) is 9.19. The number of carboxylic acid groups (broad SMARTS) is 1. The first-order valence-corrected chi connectivity index (χ1v) is 13.6. The minimum atomic E-state index is -1.21. The number of aliphatic carboxylic acids is 1. The summed E-state index contributed by atoms with van der Waals surface area (Å²) in [5.41, 5.74) is 2.76. The Morgan fingerprint density at radius 2 is 1.66 bits per heavy atom. The van der Waals surface area contributed by atoms with Gasteiger partial charge in [0.2, 0.25) is 11.8 Å². The van der Waals surface area contributed by atoms with Gasteiger partial charge in [-0.3, -0.25) is 9.59 Å². The maximum Gasteiger partial charge on any atom is 0.328 e. The number of hydrogen-bond donors (Lipinski definition) is 3. The molecule has 1 atom stereocenters. The Morgan fingerprint density at radius 3 is 2.34 bits per heavy atom. The standard InChI is InChI=1S/C27H19Cl2N3O4S2/c28-20-11-6-17(14-21(20)29)22-15-37-27(31-22)32-26(36)25(16-4-2-1-3-5-16)38-19-9-7-18(8-10-19)30-23(33)12-13-24(34)35/h1-15,25H,(H,30,33)(H,34,35)(H,31,32,36)/b13-12+. The lowest BCUT2D eigenvalue weighted by molar-refractivity contribution is -0.131. The second-order valence-corrected chi connectivity index (χ2v) is 10.6. The molecule has 1 heterocycles. The third-order valence-electron chi connectivity index (χ3n) is 5.04. The summed E-state index contributed by atoms with van der Waals surface area (Å²) in [4.78, 5) is 41.1. The van der Waals surface area contributed by atoms with Crippen LogP contribution in [0.4, 0.5) is 10.8 Å². The van der Waals surface area contributed by atoms with Gasteiger partial charge in [-0.15, -0.1) is 23.1 Å². The van der Waals surface area contributed by atoms with E-state index in [0.717, 1.165) is 28.2 Å². The molecule has 0 bridgehead atoms. The number of carbonyl (C=O) groups is 3. The normalized spacial score (nSPS) is 11.7. The van der Waals surface area contributed by atoms with Crippen molar-refractivity contribution >= 4 is 74.9 Å². The summed E-state index contributed by atoms with van der Waals surface area (Å²) in [6.07, 6.45) is 1.70. The Labute approximate surface area is 236 Å². The zero-order chi connectivity index (χ0) is 27.1. The molecule has 0 aliphatic rings. The maximum atomic E-state index is 13.4. The van der Waals surface area contributed by atoms with Crippen LogP contribution in [-0.2, 0) is 14.4 Å². The number of aromatic nitrogens is 1. The molecule has 4 aromatic rings. The van der Waals surface area contributed by atoms with Crippen LogP contribution in [0.3, 0.4) is 0 Å². The molecule has 0 saturated carbocycles. The van der Waals surface area contributed by atoms with Crippen LogP contribution < -0.4 is 10.6 Å². The van der Waals surface area contributed by atoms with Gasteiger partial charge in [0.15, 0.2) is 5.13 Å². The van der Waals surface area contributed by atoms with E-state index in [4.69, 9.17) is 28.3 Å². The van der Waals surface area contributed by atoms with Crippen molar-refractivity contribution in [3.8, 4) is 11.3 Å². The zero-order valence-corrected chi connectivity index (χ0v) is 22.6. The Morgan fingerprint density at radius 1 is 0.921 bits per heavy atom. The van der Waals surface area contributed by atoms with E-state index in [9.17, 15) is 14.4 Å². The molecule has 1 aromatic heterocycles. The Balaban J connectivity index is 1.48. The van der Waals surface area contributed by atoms with Gasteiger partial charge in [0, 0.05) is 33.7 Å². The highest BCUT2D eigenvalue weighted by Gasteiger charge is 2.23. The van der Waals surface area contributed by atoms with Crippen LogP contribution >= 0.6 is 46.3 Å². The average Bonchev–Trinajstić information content (AvgIpc) is 3.37. The molecule has 4 rings (SSSR count). The fourth-order valence-electron chi connectivity index (χ4n) is 3.27. The SMILES string of the molecule is O=C(O)/C=C/C(=O)Nc1ccc(SC(C(=O)Nc2nc(-c3ccc(Cl)c(Cl)c3)cs2)c2ccccc2)cc1. The first kappa shape index (κ1) is 27.4. The van der Waals surface area contributed by atoms with Crippen molar-refractivity contribution in [3.05, 3.63) is 106 Å². The van der Waals surface area contributed by atoms with Crippen LogP contribution in [0.25, 0.3) is 11.3 Å². The molecule has 11 heteroatoms. The topological polar surface area (TPSA) is 108 Å². The minimum absolute atomic E-state index is 0.243. The Hall–Kier alpha value is -3.63. The molecule has 2 amide bonds. The average molecular weight is 585 g/mol. The number of thioether (sulfide) groups is 1. The largest absolute Gasteiger partial charge is 0.478 e. The van der Waals surface area contributed by atoms with Crippen LogP contribution in [-0.4, -0.2) is 27.9 Å². The fraction of sp³-hybridized carbons (Fsp3) is 0.0370. The number of anilines is 2. The molecule has 0 saturated heterocycles. The second-order valence-electron chi connectivity index (χ2n) is 7.75. The van der Waals surface area contributed by atoms with Crippen LogP contribution in [0.2, 0.25) is 10.0 Å².